The van der Waals surface area contributed by atoms with Gasteiger partial charge in [-0.2, -0.15) is 0 Å². The van der Waals surface area contributed by atoms with E-state index < -0.39 is 6.10 Å². The molecule has 0 spiro atoms. The molecule has 0 aliphatic rings. The van der Waals surface area contributed by atoms with Crippen molar-refractivity contribution in [3.8, 4) is 5.75 Å². The van der Waals surface area contributed by atoms with Crippen molar-refractivity contribution in [1.29, 1.82) is 5.41 Å². The Morgan fingerprint density at radius 3 is 2.85 bits per heavy atom. The molecule has 0 bridgehead atoms. The number of nitrogens with two attached hydrogens (primary N) is 1. The molecule has 0 aliphatic carbocycles. The second kappa shape index (κ2) is 3.91. The Labute approximate surface area is 76.5 Å². The predicted octanol–water partition coefficient (Wildman–Crippen LogP) is 0.665. The summed E-state index contributed by atoms with van der Waals surface area (Å²) in [6.45, 7) is 0. The van der Waals surface area contributed by atoms with Gasteiger partial charge in [0.25, 0.3) is 0 Å². The molecule has 0 heterocycles. The van der Waals surface area contributed by atoms with Gasteiger partial charge in [0.1, 0.15) is 17.7 Å². The average Bonchev–Trinajstić information content (AvgIpc) is 2.16. The number of hydrogen-bond donors (Lipinski definition) is 3. The van der Waals surface area contributed by atoms with Gasteiger partial charge in [-0.25, -0.2) is 0 Å². The van der Waals surface area contributed by atoms with Crippen molar-refractivity contribution in [2.24, 2.45) is 5.73 Å². The van der Waals surface area contributed by atoms with Gasteiger partial charge in [-0.1, -0.05) is 12.1 Å². The summed E-state index contributed by atoms with van der Waals surface area (Å²) in [4.78, 5) is 0. The standard InChI is InChI=1S/C9H12N2O2/c1-13-7-4-2-3-6(5-7)8(12)9(10)11/h2-5,8,12H,1H3,(H3,10,11). The lowest BCUT2D eigenvalue weighted by Crippen LogP contribution is -2.19. The second-order valence-electron chi connectivity index (χ2n) is 2.63. The minimum absolute atomic E-state index is 0.270. The maximum Gasteiger partial charge on any atom is 0.136 e. The fourth-order valence-electron chi connectivity index (χ4n) is 0.991. The van der Waals surface area contributed by atoms with Crippen LogP contribution in [0.15, 0.2) is 24.3 Å². The van der Waals surface area contributed by atoms with Gasteiger partial charge in [-0.3, -0.25) is 5.41 Å². The third-order valence-electron chi connectivity index (χ3n) is 1.70. The number of hydrogen-bond acceptors (Lipinski definition) is 3. The van der Waals surface area contributed by atoms with Gasteiger partial charge in [0.2, 0.25) is 0 Å². The van der Waals surface area contributed by atoms with E-state index in [1.165, 1.54) is 0 Å². The van der Waals surface area contributed by atoms with Crippen LogP contribution in [-0.2, 0) is 0 Å². The second-order valence-corrected chi connectivity index (χ2v) is 2.63. The molecule has 1 aromatic rings. The monoisotopic (exact) mass is 180 g/mol. The highest BCUT2D eigenvalue weighted by molar-refractivity contribution is 5.82. The molecule has 4 heteroatoms. The number of benzene rings is 1. The largest absolute Gasteiger partial charge is 0.497 e. The molecule has 1 rings (SSSR count). The molecule has 1 atom stereocenters. The van der Waals surface area contributed by atoms with E-state index in [1.54, 1.807) is 31.4 Å². The number of nitrogens with one attached hydrogen (secondary N) is 1. The molecular weight excluding hydrogens is 168 g/mol. The summed E-state index contributed by atoms with van der Waals surface area (Å²) in [7, 11) is 1.54. The zero-order valence-corrected chi connectivity index (χ0v) is 7.32. The van der Waals surface area contributed by atoms with E-state index in [1.807, 2.05) is 0 Å². The van der Waals surface area contributed by atoms with Crippen LogP contribution in [0.3, 0.4) is 0 Å². The first-order chi connectivity index (χ1) is 6.15. The molecule has 0 aromatic heterocycles. The van der Waals surface area contributed by atoms with Gasteiger partial charge in [-0.15, -0.1) is 0 Å². The SMILES string of the molecule is COc1cccc(C(O)C(=N)N)c1. The van der Waals surface area contributed by atoms with Crippen LogP contribution in [0.4, 0.5) is 0 Å². The van der Waals surface area contributed by atoms with E-state index in [-0.39, 0.29) is 5.84 Å². The van der Waals surface area contributed by atoms with Crippen molar-refractivity contribution in [1.82, 2.24) is 0 Å². The number of aliphatic hydroxyl groups is 1. The number of methoxy groups -OCH3 is 1. The van der Waals surface area contributed by atoms with Gasteiger partial charge >= 0.3 is 0 Å². The van der Waals surface area contributed by atoms with Crippen LogP contribution in [0.2, 0.25) is 0 Å². The Hall–Kier alpha value is -1.55. The fourth-order valence-corrected chi connectivity index (χ4v) is 0.991. The Morgan fingerprint density at radius 2 is 2.31 bits per heavy atom. The molecule has 1 aromatic carbocycles. The van der Waals surface area contributed by atoms with E-state index in [9.17, 15) is 5.11 Å². The summed E-state index contributed by atoms with van der Waals surface area (Å²) in [6, 6.07) is 6.83. The zero-order valence-electron chi connectivity index (χ0n) is 7.32. The fraction of sp³-hybridized carbons (Fsp3) is 0.222. The molecule has 0 saturated heterocycles. The summed E-state index contributed by atoms with van der Waals surface area (Å²) < 4.78 is 4.96. The van der Waals surface area contributed by atoms with E-state index in [0.29, 0.717) is 11.3 Å². The Kier molecular flexibility index (Phi) is 2.87. The molecule has 0 amide bonds. The van der Waals surface area contributed by atoms with E-state index in [0.717, 1.165) is 0 Å². The summed E-state index contributed by atoms with van der Waals surface area (Å²) >= 11 is 0. The zero-order chi connectivity index (χ0) is 9.84. The van der Waals surface area contributed by atoms with Crippen LogP contribution < -0.4 is 10.5 Å². The Balaban J connectivity index is 2.94. The van der Waals surface area contributed by atoms with Crippen molar-refractivity contribution >= 4 is 5.84 Å². The van der Waals surface area contributed by atoms with Crippen LogP contribution in [0.25, 0.3) is 0 Å². The van der Waals surface area contributed by atoms with Gasteiger partial charge < -0.3 is 15.6 Å². The average molecular weight is 180 g/mol. The lowest BCUT2D eigenvalue weighted by molar-refractivity contribution is 0.244. The highest BCUT2D eigenvalue weighted by Crippen LogP contribution is 2.18. The highest BCUT2D eigenvalue weighted by atomic mass is 16.5. The highest BCUT2D eigenvalue weighted by Gasteiger charge is 2.10. The van der Waals surface area contributed by atoms with E-state index in [2.05, 4.69) is 0 Å². The smallest absolute Gasteiger partial charge is 0.136 e. The van der Waals surface area contributed by atoms with Gasteiger partial charge in [0, 0.05) is 0 Å². The molecule has 0 fully saturated rings. The van der Waals surface area contributed by atoms with Gasteiger partial charge in [-0.05, 0) is 17.7 Å². The topological polar surface area (TPSA) is 79.3 Å². The molecule has 1 unspecified atom stereocenters. The molecule has 4 N–H and O–H groups in total. The minimum Gasteiger partial charge on any atom is -0.497 e. The maximum absolute atomic E-state index is 9.41. The quantitative estimate of drug-likeness (QED) is 0.472. The van der Waals surface area contributed by atoms with Crippen LogP contribution in [-0.4, -0.2) is 18.1 Å². The maximum atomic E-state index is 9.41. The molecule has 0 radical (unpaired) electrons. The number of aliphatic hydroxyl groups excluding tert-OH is 1. The molecule has 0 saturated carbocycles. The molecule has 70 valence electrons. The summed E-state index contributed by atoms with van der Waals surface area (Å²) in [5.74, 6) is 0.367. The Bertz CT molecular complexity index is 312. The molecule has 13 heavy (non-hydrogen) atoms. The third kappa shape index (κ3) is 2.19. The van der Waals surface area contributed by atoms with Crippen LogP contribution >= 0.6 is 0 Å². The van der Waals surface area contributed by atoms with Crippen molar-refractivity contribution < 1.29 is 9.84 Å². The van der Waals surface area contributed by atoms with Gasteiger partial charge in [0.15, 0.2) is 0 Å². The van der Waals surface area contributed by atoms with Crippen LogP contribution in [0.1, 0.15) is 11.7 Å². The van der Waals surface area contributed by atoms with E-state index >= 15 is 0 Å². The van der Waals surface area contributed by atoms with Crippen molar-refractivity contribution in [2.45, 2.75) is 6.10 Å². The first-order valence-corrected chi connectivity index (χ1v) is 3.81. The number of rotatable bonds is 3. The van der Waals surface area contributed by atoms with Crippen molar-refractivity contribution in [3.05, 3.63) is 29.8 Å². The first kappa shape index (κ1) is 9.54. The molecule has 4 nitrogen and oxygen atoms in total. The lowest BCUT2D eigenvalue weighted by Gasteiger charge is -2.09. The van der Waals surface area contributed by atoms with Crippen LogP contribution in [0, 0.1) is 5.41 Å². The third-order valence-corrected chi connectivity index (χ3v) is 1.70. The number of ether oxygens (including phenoxy) is 1. The molecule has 0 aliphatic heterocycles. The first-order valence-electron chi connectivity index (χ1n) is 3.81. The summed E-state index contributed by atoms with van der Waals surface area (Å²) in [5.41, 5.74) is 5.71. The van der Waals surface area contributed by atoms with E-state index in [4.69, 9.17) is 15.9 Å². The Morgan fingerprint density at radius 1 is 1.62 bits per heavy atom. The summed E-state index contributed by atoms with van der Waals surface area (Å²) in [5, 5.41) is 16.5. The van der Waals surface area contributed by atoms with Crippen LogP contribution in [0.5, 0.6) is 5.75 Å². The molecular formula is C9H12N2O2. The van der Waals surface area contributed by atoms with Crippen molar-refractivity contribution in [3.63, 3.8) is 0 Å². The normalized spacial score (nSPS) is 12.2. The van der Waals surface area contributed by atoms with Crippen molar-refractivity contribution in [2.75, 3.05) is 7.11 Å². The predicted molar refractivity (Wildman–Crippen MR) is 49.9 cm³/mol. The lowest BCUT2D eigenvalue weighted by atomic mass is 10.1. The minimum atomic E-state index is -1.05. The van der Waals surface area contributed by atoms with Gasteiger partial charge in [0.05, 0.1) is 7.11 Å². The number of amidine groups is 1. The summed E-state index contributed by atoms with van der Waals surface area (Å²) in [6.07, 6.45) is -1.05.